The third-order valence-corrected chi connectivity index (χ3v) is 6.73. The average molecular weight is 471 g/mol. The zero-order chi connectivity index (χ0) is 24.4. The van der Waals surface area contributed by atoms with Crippen molar-refractivity contribution in [2.45, 2.75) is 31.7 Å². The van der Waals surface area contributed by atoms with Crippen LogP contribution in [-0.2, 0) is 4.79 Å². The summed E-state index contributed by atoms with van der Waals surface area (Å²) in [6.07, 6.45) is 1.17. The Balaban J connectivity index is 1.62. The lowest BCUT2D eigenvalue weighted by Crippen LogP contribution is -2.27. The van der Waals surface area contributed by atoms with Gasteiger partial charge in [0.15, 0.2) is 17.3 Å². The third kappa shape index (κ3) is 4.32. The zero-order valence-electron chi connectivity index (χ0n) is 20.3. The van der Waals surface area contributed by atoms with Crippen molar-refractivity contribution < 1.29 is 19.0 Å². The van der Waals surface area contributed by atoms with Crippen molar-refractivity contribution in [2.75, 3.05) is 31.5 Å². The fraction of sp³-hybridized carbons (Fsp3) is 0.276. The monoisotopic (exact) mass is 470 g/mol. The molecule has 1 aliphatic carbocycles. The van der Waals surface area contributed by atoms with Gasteiger partial charge in [-0.2, -0.15) is 0 Å². The van der Waals surface area contributed by atoms with Gasteiger partial charge in [-0.05, 0) is 55.2 Å². The van der Waals surface area contributed by atoms with E-state index in [9.17, 15) is 4.79 Å². The molecule has 2 unspecified atom stereocenters. The van der Waals surface area contributed by atoms with Crippen LogP contribution in [0.25, 0.3) is 0 Å². The summed E-state index contributed by atoms with van der Waals surface area (Å²) in [6, 6.07) is 21.5. The zero-order valence-corrected chi connectivity index (χ0v) is 20.3. The fourth-order valence-electron chi connectivity index (χ4n) is 5.06. The molecule has 6 heteroatoms. The minimum atomic E-state index is -0.373. The summed E-state index contributed by atoms with van der Waals surface area (Å²) in [6.45, 7) is 2.44. The smallest absolute Gasteiger partial charge is 0.166 e. The SMILES string of the molecule is CCOc1c(OC)cccc1C1Nc2ccccc2NC2=C1C(=O)CC(c1ccc(OC)cc1)C2. The Morgan fingerprint density at radius 1 is 0.886 bits per heavy atom. The molecule has 0 fully saturated rings. The topological polar surface area (TPSA) is 68.8 Å². The number of hydrogen-bond acceptors (Lipinski definition) is 6. The first-order valence-electron chi connectivity index (χ1n) is 11.9. The van der Waals surface area contributed by atoms with Gasteiger partial charge < -0.3 is 24.8 Å². The maximum Gasteiger partial charge on any atom is 0.166 e. The van der Waals surface area contributed by atoms with Crippen LogP contribution in [0.1, 0.15) is 42.9 Å². The summed E-state index contributed by atoms with van der Waals surface area (Å²) >= 11 is 0. The van der Waals surface area contributed by atoms with Gasteiger partial charge in [-0.15, -0.1) is 0 Å². The molecule has 1 heterocycles. The first-order valence-corrected chi connectivity index (χ1v) is 11.9. The quantitative estimate of drug-likeness (QED) is 0.455. The van der Waals surface area contributed by atoms with Gasteiger partial charge >= 0.3 is 0 Å². The molecule has 180 valence electrons. The van der Waals surface area contributed by atoms with Crippen molar-refractivity contribution in [1.82, 2.24) is 0 Å². The van der Waals surface area contributed by atoms with Gasteiger partial charge in [0.1, 0.15) is 5.75 Å². The van der Waals surface area contributed by atoms with E-state index in [2.05, 4.69) is 22.8 Å². The van der Waals surface area contributed by atoms with E-state index in [4.69, 9.17) is 14.2 Å². The molecule has 0 bridgehead atoms. The first kappa shape index (κ1) is 22.8. The molecule has 0 aromatic heterocycles. The van der Waals surface area contributed by atoms with E-state index in [1.54, 1.807) is 14.2 Å². The Bertz CT molecular complexity index is 1270. The molecule has 5 rings (SSSR count). The van der Waals surface area contributed by atoms with Gasteiger partial charge in [0.2, 0.25) is 0 Å². The van der Waals surface area contributed by atoms with Crippen molar-refractivity contribution in [3.63, 3.8) is 0 Å². The van der Waals surface area contributed by atoms with Gasteiger partial charge in [-0.25, -0.2) is 0 Å². The van der Waals surface area contributed by atoms with Crippen LogP contribution in [0.5, 0.6) is 17.2 Å². The van der Waals surface area contributed by atoms with Gasteiger partial charge in [0.25, 0.3) is 0 Å². The largest absolute Gasteiger partial charge is 0.497 e. The highest BCUT2D eigenvalue weighted by Gasteiger charge is 2.37. The van der Waals surface area contributed by atoms with E-state index >= 15 is 0 Å². The van der Waals surface area contributed by atoms with Crippen LogP contribution in [0.15, 0.2) is 78.0 Å². The Hall–Kier alpha value is -3.93. The highest BCUT2D eigenvalue weighted by Crippen LogP contribution is 2.47. The molecule has 0 amide bonds. The van der Waals surface area contributed by atoms with Crippen LogP contribution < -0.4 is 24.8 Å². The highest BCUT2D eigenvalue weighted by atomic mass is 16.5. The van der Waals surface area contributed by atoms with E-state index < -0.39 is 0 Å². The summed E-state index contributed by atoms with van der Waals surface area (Å²) in [4.78, 5) is 13.8. The third-order valence-electron chi connectivity index (χ3n) is 6.73. The average Bonchev–Trinajstić information content (AvgIpc) is 3.06. The second-order valence-corrected chi connectivity index (χ2v) is 8.75. The number of para-hydroxylation sites is 3. The van der Waals surface area contributed by atoms with Crippen molar-refractivity contribution in [1.29, 1.82) is 0 Å². The van der Waals surface area contributed by atoms with Crippen LogP contribution in [0, 0.1) is 0 Å². The van der Waals surface area contributed by atoms with E-state index in [-0.39, 0.29) is 17.7 Å². The lowest BCUT2D eigenvalue weighted by molar-refractivity contribution is -0.116. The van der Waals surface area contributed by atoms with Crippen LogP contribution in [0.3, 0.4) is 0 Å². The molecule has 0 spiro atoms. The van der Waals surface area contributed by atoms with E-state index in [0.29, 0.717) is 24.5 Å². The van der Waals surface area contributed by atoms with E-state index in [0.717, 1.165) is 45.9 Å². The number of benzene rings is 3. The Morgan fingerprint density at radius 3 is 2.37 bits per heavy atom. The molecule has 2 atom stereocenters. The number of carbonyl (C=O) groups excluding carboxylic acids is 1. The van der Waals surface area contributed by atoms with Crippen molar-refractivity contribution in [2.24, 2.45) is 0 Å². The summed E-state index contributed by atoms with van der Waals surface area (Å²) in [5.74, 6) is 2.32. The number of ether oxygens (including phenoxy) is 3. The lowest BCUT2D eigenvalue weighted by Gasteiger charge is -2.30. The number of fused-ring (bicyclic) bond motifs is 1. The Morgan fingerprint density at radius 2 is 1.66 bits per heavy atom. The van der Waals surface area contributed by atoms with E-state index in [1.807, 2.05) is 61.5 Å². The predicted octanol–water partition coefficient (Wildman–Crippen LogP) is 6.08. The Labute approximate surface area is 205 Å². The number of anilines is 2. The van der Waals surface area contributed by atoms with Crippen molar-refractivity contribution in [3.05, 3.63) is 89.1 Å². The number of nitrogens with one attached hydrogen (secondary N) is 2. The number of methoxy groups -OCH3 is 2. The highest BCUT2D eigenvalue weighted by molar-refractivity contribution is 6.01. The molecule has 0 saturated heterocycles. The van der Waals surface area contributed by atoms with Crippen LogP contribution in [-0.4, -0.2) is 26.6 Å². The molecule has 35 heavy (non-hydrogen) atoms. The molecular formula is C29H30N2O4. The summed E-state index contributed by atoms with van der Waals surface area (Å²) in [7, 11) is 3.29. The summed E-state index contributed by atoms with van der Waals surface area (Å²) < 4.78 is 17.0. The number of hydrogen-bond donors (Lipinski definition) is 2. The molecule has 1 aliphatic heterocycles. The molecular weight excluding hydrogens is 440 g/mol. The molecule has 2 N–H and O–H groups in total. The van der Waals surface area contributed by atoms with Gasteiger partial charge in [-0.3, -0.25) is 4.79 Å². The predicted molar refractivity (Wildman–Crippen MR) is 138 cm³/mol. The minimum absolute atomic E-state index is 0.0854. The maximum absolute atomic E-state index is 13.8. The number of allylic oxidation sites excluding steroid dienone is 1. The van der Waals surface area contributed by atoms with Crippen LogP contribution >= 0.6 is 0 Å². The summed E-state index contributed by atoms with van der Waals surface area (Å²) in [5.41, 5.74) is 5.59. The van der Waals surface area contributed by atoms with Crippen molar-refractivity contribution in [3.8, 4) is 17.2 Å². The van der Waals surface area contributed by atoms with Gasteiger partial charge in [-0.1, -0.05) is 36.4 Å². The molecule has 0 radical (unpaired) electrons. The minimum Gasteiger partial charge on any atom is -0.497 e. The van der Waals surface area contributed by atoms with Gasteiger partial charge in [0, 0.05) is 23.3 Å². The second-order valence-electron chi connectivity index (χ2n) is 8.75. The standard InChI is InChI=1S/C29H30N2O4/c1-4-35-29-21(8-7-11-26(29)34-3)28-27-24(30-22-9-5-6-10-23(22)31-28)16-19(17-25(27)32)18-12-14-20(33-2)15-13-18/h5-15,19,28,30-31H,4,16-17H2,1-3H3. The first-order chi connectivity index (χ1) is 17.1. The molecule has 0 saturated carbocycles. The van der Waals surface area contributed by atoms with Crippen molar-refractivity contribution >= 4 is 17.2 Å². The number of ketones is 1. The number of Topliss-reactive ketones (excluding diaryl/α,β-unsaturated/α-hetero) is 1. The second kappa shape index (κ2) is 9.74. The summed E-state index contributed by atoms with van der Waals surface area (Å²) in [5, 5.41) is 7.23. The molecule has 2 aliphatic rings. The van der Waals surface area contributed by atoms with Crippen LogP contribution in [0.2, 0.25) is 0 Å². The fourth-order valence-corrected chi connectivity index (χ4v) is 5.06. The number of rotatable bonds is 6. The number of carbonyl (C=O) groups is 1. The van der Waals surface area contributed by atoms with E-state index in [1.165, 1.54) is 0 Å². The van der Waals surface area contributed by atoms with Crippen LogP contribution in [0.4, 0.5) is 11.4 Å². The molecule has 6 nitrogen and oxygen atoms in total. The van der Waals surface area contributed by atoms with Gasteiger partial charge in [0.05, 0.1) is 38.2 Å². The Kier molecular flexibility index (Phi) is 6.36. The lowest BCUT2D eigenvalue weighted by atomic mass is 9.78. The maximum atomic E-state index is 13.8. The normalized spacial score (nSPS) is 19.0. The molecule has 3 aromatic carbocycles. The molecule has 3 aromatic rings.